The zero-order valence-electron chi connectivity index (χ0n) is 14.5. The highest BCUT2D eigenvalue weighted by atomic mass is 19.1. The Morgan fingerprint density at radius 2 is 2.00 bits per heavy atom. The normalized spacial score (nSPS) is 24.6. The fourth-order valence-electron chi connectivity index (χ4n) is 4.24. The molecule has 0 radical (unpaired) electrons. The van der Waals surface area contributed by atoms with E-state index in [1.165, 1.54) is 12.3 Å². The minimum atomic E-state index is -0.367. The van der Waals surface area contributed by atoms with Crippen molar-refractivity contribution in [3.05, 3.63) is 48.0 Å². The van der Waals surface area contributed by atoms with E-state index in [9.17, 15) is 9.18 Å². The van der Waals surface area contributed by atoms with Gasteiger partial charge >= 0.3 is 6.03 Å². The molecule has 2 atom stereocenters. The number of pyridine rings is 1. The number of nitrogens with zero attached hydrogens (tertiary/aromatic N) is 2. The Morgan fingerprint density at radius 3 is 2.72 bits per heavy atom. The minimum Gasteiger partial charge on any atom is -0.318 e. The zero-order chi connectivity index (χ0) is 17.6. The van der Waals surface area contributed by atoms with Crippen LogP contribution in [0, 0.1) is 18.7 Å². The third kappa shape index (κ3) is 2.99. The Labute approximate surface area is 148 Å². The number of fused-ring (bicyclic) bond motifs is 2. The standard InChI is InChI=1S/C20H22FN3O.H2/c1-12-5-17-9-18(6-12)24(17)20(25)23-16-4-3-13(2)19(8-16)14-7-15(21)11-22-10-14;/h3-4,7-8,10-12,17-18H,5-6,9H2,1-2H3,(H,23,25);1H. The summed E-state index contributed by atoms with van der Waals surface area (Å²) >= 11 is 0. The lowest BCUT2D eigenvalue weighted by atomic mass is 9.74. The highest BCUT2D eigenvalue weighted by molar-refractivity contribution is 5.91. The molecule has 4 rings (SSSR count). The average molecular weight is 341 g/mol. The summed E-state index contributed by atoms with van der Waals surface area (Å²) in [4.78, 5) is 18.6. The van der Waals surface area contributed by atoms with Gasteiger partial charge in [0.15, 0.2) is 0 Å². The lowest BCUT2D eigenvalue weighted by Gasteiger charge is -2.54. The highest BCUT2D eigenvalue weighted by Crippen LogP contribution is 2.41. The van der Waals surface area contributed by atoms with E-state index >= 15 is 0 Å². The van der Waals surface area contributed by atoms with Crippen molar-refractivity contribution >= 4 is 11.7 Å². The molecule has 0 spiro atoms. The molecule has 2 aliphatic heterocycles. The van der Waals surface area contributed by atoms with Gasteiger partial charge in [-0.05, 0) is 61.4 Å². The lowest BCUT2D eigenvalue weighted by molar-refractivity contribution is -0.00600. The minimum absolute atomic E-state index is 0. The number of rotatable bonds is 2. The van der Waals surface area contributed by atoms with Crippen molar-refractivity contribution < 1.29 is 10.6 Å². The summed E-state index contributed by atoms with van der Waals surface area (Å²) in [5, 5.41) is 3.01. The summed E-state index contributed by atoms with van der Waals surface area (Å²) in [5.74, 6) is 0.341. The third-order valence-corrected chi connectivity index (χ3v) is 5.42. The number of aromatic nitrogens is 1. The van der Waals surface area contributed by atoms with Crippen LogP contribution in [0.3, 0.4) is 0 Å². The van der Waals surface area contributed by atoms with Crippen molar-refractivity contribution in [2.75, 3.05) is 5.32 Å². The second-order valence-corrected chi connectivity index (χ2v) is 7.38. The van der Waals surface area contributed by atoms with Crippen molar-refractivity contribution in [3.63, 3.8) is 0 Å². The molecule has 0 saturated carbocycles. The molecule has 0 aliphatic carbocycles. The molecule has 5 heteroatoms. The summed E-state index contributed by atoms with van der Waals surface area (Å²) in [6, 6.07) is 7.91. The van der Waals surface area contributed by atoms with E-state index in [1.54, 1.807) is 6.20 Å². The number of nitrogens with one attached hydrogen (secondary N) is 1. The fraction of sp³-hybridized carbons (Fsp3) is 0.400. The van der Waals surface area contributed by atoms with E-state index in [0.29, 0.717) is 23.6 Å². The van der Waals surface area contributed by atoms with Gasteiger partial charge in [-0.1, -0.05) is 13.0 Å². The lowest BCUT2D eigenvalue weighted by Crippen LogP contribution is -2.63. The van der Waals surface area contributed by atoms with Gasteiger partial charge in [-0.2, -0.15) is 0 Å². The van der Waals surface area contributed by atoms with Crippen molar-refractivity contribution in [2.24, 2.45) is 5.92 Å². The largest absolute Gasteiger partial charge is 0.322 e. The predicted molar refractivity (Wildman–Crippen MR) is 97.9 cm³/mol. The first-order valence-corrected chi connectivity index (χ1v) is 8.82. The number of halogens is 1. The van der Waals surface area contributed by atoms with Gasteiger partial charge in [0.05, 0.1) is 6.20 Å². The highest BCUT2D eigenvalue weighted by Gasteiger charge is 2.46. The smallest absolute Gasteiger partial charge is 0.318 e. The van der Waals surface area contributed by atoms with Crippen LogP contribution >= 0.6 is 0 Å². The molecule has 2 bridgehead atoms. The van der Waals surface area contributed by atoms with Crippen LogP contribution in [-0.2, 0) is 0 Å². The molecule has 25 heavy (non-hydrogen) atoms. The molecule has 2 saturated heterocycles. The zero-order valence-corrected chi connectivity index (χ0v) is 14.5. The molecule has 2 fully saturated rings. The van der Waals surface area contributed by atoms with Gasteiger partial charge in [-0.3, -0.25) is 4.98 Å². The van der Waals surface area contributed by atoms with E-state index < -0.39 is 0 Å². The number of piperidine rings is 1. The Kier molecular flexibility index (Phi) is 3.94. The number of carbonyl (C=O) groups excluding carboxylic acids is 1. The van der Waals surface area contributed by atoms with Gasteiger partial charge in [-0.15, -0.1) is 0 Å². The molecular weight excluding hydrogens is 317 g/mol. The molecule has 1 N–H and O–H groups in total. The number of carbonyl (C=O) groups is 1. The molecule has 132 valence electrons. The Balaban J connectivity index is 0.00000196. The predicted octanol–water partition coefficient (Wildman–Crippen LogP) is 4.85. The van der Waals surface area contributed by atoms with Gasteiger partial charge in [0.1, 0.15) is 5.82 Å². The van der Waals surface area contributed by atoms with E-state index in [0.717, 1.165) is 36.1 Å². The maximum atomic E-state index is 13.5. The maximum absolute atomic E-state index is 13.5. The molecule has 2 unspecified atom stereocenters. The quantitative estimate of drug-likeness (QED) is 0.849. The molecule has 1 aromatic carbocycles. The van der Waals surface area contributed by atoms with Gasteiger partial charge in [0.2, 0.25) is 0 Å². The summed E-state index contributed by atoms with van der Waals surface area (Å²) in [6.07, 6.45) is 6.15. The number of urea groups is 1. The topological polar surface area (TPSA) is 45.2 Å². The number of amides is 2. The van der Waals surface area contributed by atoms with Crippen LogP contribution in [0.1, 0.15) is 33.2 Å². The van der Waals surface area contributed by atoms with E-state index in [-0.39, 0.29) is 13.3 Å². The number of anilines is 1. The molecule has 2 aliphatic rings. The second-order valence-electron chi connectivity index (χ2n) is 7.38. The number of hydrogen-bond donors (Lipinski definition) is 1. The molecule has 2 aromatic rings. The first-order chi connectivity index (χ1) is 12.0. The SMILES string of the molecule is Cc1ccc(NC(=O)N2C3CC(C)CC2C3)cc1-c1cncc(F)c1.[HH]. The summed E-state index contributed by atoms with van der Waals surface area (Å²) in [6.45, 7) is 4.22. The number of aryl methyl sites for hydroxylation is 1. The van der Waals surface area contributed by atoms with Gasteiger partial charge in [0, 0.05) is 31.0 Å². The van der Waals surface area contributed by atoms with E-state index in [4.69, 9.17) is 0 Å². The summed E-state index contributed by atoms with van der Waals surface area (Å²) in [7, 11) is 0. The van der Waals surface area contributed by atoms with Gasteiger partial charge in [0.25, 0.3) is 0 Å². The Bertz CT molecular complexity index is 816. The van der Waals surface area contributed by atoms with Crippen molar-refractivity contribution in [1.82, 2.24) is 9.88 Å². The third-order valence-electron chi connectivity index (χ3n) is 5.42. The summed E-state index contributed by atoms with van der Waals surface area (Å²) < 4.78 is 13.5. The van der Waals surface area contributed by atoms with Crippen molar-refractivity contribution in [2.45, 2.75) is 45.2 Å². The monoisotopic (exact) mass is 341 g/mol. The van der Waals surface area contributed by atoms with Crippen LogP contribution in [0.15, 0.2) is 36.7 Å². The van der Waals surface area contributed by atoms with Crippen LogP contribution in [0.5, 0.6) is 0 Å². The van der Waals surface area contributed by atoms with Crippen LogP contribution in [0.4, 0.5) is 14.9 Å². The van der Waals surface area contributed by atoms with Crippen molar-refractivity contribution in [1.29, 1.82) is 0 Å². The van der Waals surface area contributed by atoms with Gasteiger partial charge in [-0.25, -0.2) is 9.18 Å². The fourth-order valence-corrected chi connectivity index (χ4v) is 4.24. The molecule has 1 aromatic heterocycles. The Hall–Kier alpha value is -2.43. The number of hydrogen-bond acceptors (Lipinski definition) is 2. The first-order valence-electron chi connectivity index (χ1n) is 8.82. The molecular formula is C20H24FN3O. The first kappa shape index (κ1) is 16.1. The molecule has 2 amide bonds. The molecule has 3 heterocycles. The van der Waals surface area contributed by atoms with Crippen LogP contribution in [0.2, 0.25) is 0 Å². The Morgan fingerprint density at radius 1 is 1.24 bits per heavy atom. The van der Waals surface area contributed by atoms with Crippen LogP contribution in [-0.4, -0.2) is 28.0 Å². The second kappa shape index (κ2) is 6.14. The summed E-state index contributed by atoms with van der Waals surface area (Å²) in [5.41, 5.74) is 3.33. The van der Waals surface area contributed by atoms with Crippen LogP contribution < -0.4 is 5.32 Å². The van der Waals surface area contributed by atoms with Crippen molar-refractivity contribution in [3.8, 4) is 11.1 Å². The number of benzene rings is 1. The van der Waals surface area contributed by atoms with Gasteiger partial charge < -0.3 is 10.2 Å². The molecule has 4 nitrogen and oxygen atoms in total. The average Bonchev–Trinajstić information content (AvgIpc) is 2.56. The maximum Gasteiger partial charge on any atom is 0.322 e. The van der Waals surface area contributed by atoms with E-state index in [2.05, 4.69) is 17.2 Å². The van der Waals surface area contributed by atoms with E-state index in [1.807, 2.05) is 30.0 Å². The van der Waals surface area contributed by atoms with Crippen LogP contribution in [0.25, 0.3) is 11.1 Å².